The third kappa shape index (κ3) is 2.60. The van der Waals surface area contributed by atoms with Crippen molar-refractivity contribution in [1.82, 2.24) is 0 Å². The standard InChI is InChI=1S/C14H22/c1-5-7-13(6-2)14(10-11-14)9-8-12(3)4/h5-7,12H,1-2,8-11H2,3-4H3/b13-7+. The number of rotatable bonds is 6. The van der Waals surface area contributed by atoms with Crippen molar-refractivity contribution in [3.63, 3.8) is 0 Å². The summed E-state index contributed by atoms with van der Waals surface area (Å²) in [6, 6.07) is 0. The van der Waals surface area contributed by atoms with Gasteiger partial charge in [0.05, 0.1) is 0 Å². The third-order valence-corrected chi connectivity index (χ3v) is 3.18. The average molecular weight is 190 g/mol. The molecule has 0 amide bonds. The van der Waals surface area contributed by atoms with E-state index >= 15 is 0 Å². The van der Waals surface area contributed by atoms with E-state index in [2.05, 4.69) is 33.1 Å². The minimum atomic E-state index is 0.472. The van der Waals surface area contributed by atoms with Crippen LogP contribution in [0.15, 0.2) is 37.0 Å². The monoisotopic (exact) mass is 190 g/mol. The molecule has 1 fully saturated rings. The van der Waals surface area contributed by atoms with Gasteiger partial charge in [0.1, 0.15) is 0 Å². The van der Waals surface area contributed by atoms with E-state index in [9.17, 15) is 0 Å². The van der Waals surface area contributed by atoms with Crippen LogP contribution in [-0.2, 0) is 0 Å². The van der Waals surface area contributed by atoms with Gasteiger partial charge >= 0.3 is 0 Å². The summed E-state index contributed by atoms with van der Waals surface area (Å²) in [6.45, 7) is 12.2. The molecule has 1 saturated carbocycles. The van der Waals surface area contributed by atoms with Crippen LogP contribution in [0.3, 0.4) is 0 Å². The summed E-state index contributed by atoms with van der Waals surface area (Å²) in [5.74, 6) is 0.808. The molecule has 14 heavy (non-hydrogen) atoms. The average Bonchev–Trinajstić information content (AvgIpc) is 2.92. The van der Waals surface area contributed by atoms with E-state index in [1.165, 1.54) is 31.3 Å². The van der Waals surface area contributed by atoms with E-state index in [0.29, 0.717) is 5.41 Å². The zero-order valence-corrected chi connectivity index (χ0v) is 9.55. The van der Waals surface area contributed by atoms with Crippen LogP contribution in [0.5, 0.6) is 0 Å². The Morgan fingerprint density at radius 1 is 1.36 bits per heavy atom. The van der Waals surface area contributed by atoms with E-state index in [-0.39, 0.29) is 0 Å². The maximum Gasteiger partial charge on any atom is -0.00464 e. The molecule has 0 saturated heterocycles. The summed E-state index contributed by atoms with van der Waals surface area (Å²) in [4.78, 5) is 0. The topological polar surface area (TPSA) is 0 Å². The molecule has 0 aromatic carbocycles. The van der Waals surface area contributed by atoms with Crippen molar-refractivity contribution in [3.8, 4) is 0 Å². The Kier molecular flexibility index (Phi) is 3.74. The van der Waals surface area contributed by atoms with Gasteiger partial charge in [-0.25, -0.2) is 0 Å². The lowest BCUT2D eigenvalue weighted by Gasteiger charge is -2.17. The highest BCUT2D eigenvalue weighted by atomic mass is 14.5. The molecule has 0 spiro atoms. The molecule has 0 atom stereocenters. The van der Waals surface area contributed by atoms with Gasteiger partial charge in [-0.3, -0.25) is 0 Å². The zero-order valence-electron chi connectivity index (χ0n) is 9.55. The fraction of sp³-hybridized carbons (Fsp3) is 0.571. The molecule has 1 rings (SSSR count). The second-order valence-electron chi connectivity index (χ2n) is 4.77. The first-order valence-electron chi connectivity index (χ1n) is 5.60. The molecule has 1 aliphatic rings. The predicted molar refractivity (Wildman–Crippen MR) is 64.2 cm³/mol. The first kappa shape index (κ1) is 11.3. The van der Waals surface area contributed by atoms with Crippen molar-refractivity contribution in [1.29, 1.82) is 0 Å². The minimum Gasteiger partial charge on any atom is -0.0991 e. The SMILES string of the molecule is C=C/C=C(\C=C)C1(CCC(C)C)CC1. The Morgan fingerprint density at radius 3 is 2.36 bits per heavy atom. The van der Waals surface area contributed by atoms with Gasteiger partial charge in [0.2, 0.25) is 0 Å². The van der Waals surface area contributed by atoms with Crippen molar-refractivity contribution >= 4 is 0 Å². The molecule has 0 heterocycles. The first-order chi connectivity index (χ1) is 6.64. The summed E-state index contributed by atoms with van der Waals surface area (Å²) in [5.41, 5.74) is 1.87. The summed E-state index contributed by atoms with van der Waals surface area (Å²) in [6.07, 6.45) is 11.3. The van der Waals surface area contributed by atoms with Gasteiger partial charge in [-0.15, -0.1) is 0 Å². The molecule has 0 aliphatic heterocycles. The van der Waals surface area contributed by atoms with Crippen molar-refractivity contribution in [2.75, 3.05) is 0 Å². The Hall–Kier alpha value is -0.780. The number of hydrogen-bond donors (Lipinski definition) is 0. The molecule has 0 unspecified atom stereocenters. The second-order valence-corrected chi connectivity index (χ2v) is 4.77. The van der Waals surface area contributed by atoms with Crippen LogP contribution < -0.4 is 0 Å². The molecule has 78 valence electrons. The van der Waals surface area contributed by atoms with E-state index in [0.717, 1.165) is 5.92 Å². The summed E-state index contributed by atoms with van der Waals surface area (Å²) in [7, 11) is 0. The van der Waals surface area contributed by atoms with Crippen molar-refractivity contribution in [2.24, 2.45) is 11.3 Å². The smallest absolute Gasteiger partial charge is 0.00464 e. The van der Waals surface area contributed by atoms with Gasteiger partial charge in [-0.05, 0) is 36.2 Å². The Labute approximate surface area is 88.4 Å². The van der Waals surface area contributed by atoms with Gasteiger partial charge in [-0.2, -0.15) is 0 Å². The molecule has 1 aliphatic carbocycles. The summed E-state index contributed by atoms with van der Waals surface area (Å²) >= 11 is 0. The predicted octanol–water partition coefficient (Wildman–Crippen LogP) is 4.50. The molecule has 0 nitrogen and oxygen atoms in total. The van der Waals surface area contributed by atoms with Crippen molar-refractivity contribution in [2.45, 2.75) is 39.5 Å². The maximum atomic E-state index is 3.90. The maximum absolute atomic E-state index is 3.90. The minimum absolute atomic E-state index is 0.472. The summed E-state index contributed by atoms with van der Waals surface area (Å²) in [5, 5.41) is 0. The first-order valence-corrected chi connectivity index (χ1v) is 5.60. The molecule has 0 heteroatoms. The molecule has 0 bridgehead atoms. The third-order valence-electron chi connectivity index (χ3n) is 3.18. The molecular weight excluding hydrogens is 168 g/mol. The Morgan fingerprint density at radius 2 is 2.00 bits per heavy atom. The highest BCUT2D eigenvalue weighted by Gasteiger charge is 2.43. The fourth-order valence-electron chi connectivity index (χ4n) is 1.99. The lowest BCUT2D eigenvalue weighted by Crippen LogP contribution is -2.04. The highest BCUT2D eigenvalue weighted by molar-refractivity contribution is 5.33. The van der Waals surface area contributed by atoms with Crippen LogP contribution in [0.2, 0.25) is 0 Å². The molecule has 0 radical (unpaired) electrons. The Balaban J connectivity index is 2.60. The molecule has 0 aromatic rings. The van der Waals surface area contributed by atoms with Crippen LogP contribution in [0, 0.1) is 11.3 Å². The number of allylic oxidation sites excluding steroid dienone is 4. The van der Waals surface area contributed by atoms with E-state index in [4.69, 9.17) is 0 Å². The normalized spacial score (nSPS) is 19.5. The number of hydrogen-bond acceptors (Lipinski definition) is 0. The van der Waals surface area contributed by atoms with Gasteiger partial charge in [0, 0.05) is 0 Å². The fourth-order valence-corrected chi connectivity index (χ4v) is 1.99. The lowest BCUT2D eigenvalue weighted by molar-refractivity contribution is 0.459. The van der Waals surface area contributed by atoms with E-state index < -0.39 is 0 Å². The van der Waals surface area contributed by atoms with Crippen molar-refractivity contribution < 1.29 is 0 Å². The molecule has 0 aromatic heterocycles. The van der Waals surface area contributed by atoms with E-state index in [1.807, 2.05) is 12.2 Å². The van der Waals surface area contributed by atoms with Crippen LogP contribution in [0.25, 0.3) is 0 Å². The lowest BCUT2D eigenvalue weighted by atomic mass is 9.88. The molecule has 0 N–H and O–H groups in total. The summed E-state index contributed by atoms with van der Waals surface area (Å²) < 4.78 is 0. The quantitative estimate of drug-likeness (QED) is 0.541. The second kappa shape index (κ2) is 4.63. The Bertz CT molecular complexity index is 239. The van der Waals surface area contributed by atoms with Gasteiger partial charge < -0.3 is 0 Å². The van der Waals surface area contributed by atoms with Crippen LogP contribution in [-0.4, -0.2) is 0 Å². The van der Waals surface area contributed by atoms with Gasteiger partial charge in [0.25, 0.3) is 0 Å². The zero-order chi connectivity index (χ0) is 10.6. The van der Waals surface area contributed by atoms with Crippen LogP contribution >= 0.6 is 0 Å². The van der Waals surface area contributed by atoms with Crippen LogP contribution in [0.4, 0.5) is 0 Å². The van der Waals surface area contributed by atoms with E-state index in [1.54, 1.807) is 0 Å². The highest BCUT2D eigenvalue weighted by Crippen LogP contribution is 2.56. The van der Waals surface area contributed by atoms with Crippen LogP contribution in [0.1, 0.15) is 39.5 Å². The van der Waals surface area contributed by atoms with Gasteiger partial charge in [-0.1, -0.05) is 51.7 Å². The molecular formula is C14H22. The van der Waals surface area contributed by atoms with Crippen molar-refractivity contribution in [3.05, 3.63) is 37.0 Å². The largest absolute Gasteiger partial charge is 0.0991 e. The van der Waals surface area contributed by atoms with Gasteiger partial charge in [0.15, 0.2) is 0 Å².